The topological polar surface area (TPSA) is 81.9 Å². The molecule has 0 aromatic carbocycles. The fraction of sp³-hybridized carbons (Fsp3) is 0.500. The van der Waals surface area contributed by atoms with Crippen LogP contribution in [0.2, 0.25) is 0 Å². The number of aromatic nitrogens is 4. The lowest BCUT2D eigenvalue weighted by Crippen LogP contribution is -2.24. The van der Waals surface area contributed by atoms with Crippen molar-refractivity contribution in [1.29, 1.82) is 0 Å². The number of hydrogen-bond acceptors (Lipinski definition) is 6. The number of hydrogen-bond donors (Lipinski definition) is 1. The largest absolute Gasteiger partial charge is 0.381 e. The first kappa shape index (κ1) is 22.6. The van der Waals surface area contributed by atoms with Crippen molar-refractivity contribution in [2.45, 2.75) is 58.5 Å². The summed E-state index contributed by atoms with van der Waals surface area (Å²) in [6.45, 7) is 9.71. The Bertz CT molecular complexity index is 1030. The molecule has 1 fully saturated rings. The minimum Gasteiger partial charge on any atom is -0.381 e. The maximum Gasteiger partial charge on any atom is 0.271 e. The van der Waals surface area contributed by atoms with Gasteiger partial charge < -0.3 is 14.6 Å². The van der Waals surface area contributed by atoms with Crippen LogP contribution < -0.4 is 5.32 Å². The van der Waals surface area contributed by atoms with Gasteiger partial charge in [0.2, 0.25) is 0 Å². The van der Waals surface area contributed by atoms with Crippen molar-refractivity contribution in [3.63, 3.8) is 0 Å². The number of carbonyl (C=O) groups is 1. The number of rotatable bonds is 7. The zero-order valence-electron chi connectivity index (χ0n) is 19.0. The third kappa shape index (κ3) is 5.81. The number of imidazole rings is 1. The summed E-state index contributed by atoms with van der Waals surface area (Å²) in [5.41, 5.74) is 1.97. The molecule has 4 rings (SSSR count). The van der Waals surface area contributed by atoms with Gasteiger partial charge in [-0.2, -0.15) is 0 Å². The van der Waals surface area contributed by atoms with Gasteiger partial charge in [-0.3, -0.25) is 9.78 Å². The van der Waals surface area contributed by atoms with Gasteiger partial charge in [-0.25, -0.2) is 9.97 Å². The van der Waals surface area contributed by atoms with E-state index in [1.165, 1.54) is 6.20 Å². The van der Waals surface area contributed by atoms with Gasteiger partial charge in [0, 0.05) is 48.9 Å². The molecule has 0 saturated carbocycles. The highest BCUT2D eigenvalue weighted by atomic mass is 32.1. The standard InChI is InChI=1S/C24H31N5O2S/c1-24(2,3)23-28-19(16-29(23)15-17-6-8-31-9-7-17)11-18-12-25-14-21(27-18)22(30)26-13-20-5-4-10-32-20/h4-5,10,12,14,16-17H,6-9,11,13,15H2,1-3H3,(H,26,30). The fourth-order valence-corrected chi connectivity index (χ4v) is 4.60. The highest BCUT2D eigenvalue weighted by Gasteiger charge is 2.24. The molecule has 0 radical (unpaired) electrons. The van der Waals surface area contributed by atoms with E-state index in [-0.39, 0.29) is 11.3 Å². The highest BCUT2D eigenvalue weighted by molar-refractivity contribution is 7.09. The quantitative estimate of drug-likeness (QED) is 0.585. The molecule has 1 amide bonds. The number of ether oxygens (including phenoxy) is 1. The molecular formula is C24H31N5O2S. The Morgan fingerprint density at radius 1 is 1.22 bits per heavy atom. The van der Waals surface area contributed by atoms with Crippen LogP contribution in [-0.4, -0.2) is 38.6 Å². The molecule has 1 aliphatic rings. The smallest absolute Gasteiger partial charge is 0.271 e. The van der Waals surface area contributed by atoms with Crippen LogP contribution in [0, 0.1) is 5.92 Å². The molecule has 1 saturated heterocycles. The summed E-state index contributed by atoms with van der Waals surface area (Å²) in [6.07, 6.45) is 8.09. The van der Waals surface area contributed by atoms with Crippen molar-refractivity contribution >= 4 is 17.2 Å². The average molecular weight is 454 g/mol. The van der Waals surface area contributed by atoms with E-state index >= 15 is 0 Å². The monoisotopic (exact) mass is 453 g/mol. The molecule has 3 aromatic rings. The summed E-state index contributed by atoms with van der Waals surface area (Å²) in [5, 5.41) is 4.91. The molecule has 4 heterocycles. The minimum atomic E-state index is -0.215. The van der Waals surface area contributed by atoms with Crippen LogP contribution in [0.5, 0.6) is 0 Å². The molecule has 0 unspecified atom stereocenters. The molecule has 1 N–H and O–H groups in total. The summed E-state index contributed by atoms with van der Waals surface area (Å²) in [4.78, 5) is 27.4. The summed E-state index contributed by atoms with van der Waals surface area (Å²) in [5.74, 6) is 1.48. The summed E-state index contributed by atoms with van der Waals surface area (Å²) in [6, 6.07) is 3.97. The Balaban J connectivity index is 1.47. The lowest BCUT2D eigenvalue weighted by atomic mass is 9.94. The molecule has 0 bridgehead atoms. The fourth-order valence-electron chi connectivity index (χ4n) is 3.96. The van der Waals surface area contributed by atoms with E-state index in [0.29, 0.717) is 24.6 Å². The SMILES string of the molecule is CC(C)(C)c1nc(Cc2cncc(C(=O)NCc3cccs3)n2)cn1CC1CCOCC1. The number of carbonyl (C=O) groups excluding carboxylic acids is 1. The molecule has 0 atom stereocenters. The van der Waals surface area contributed by atoms with Crippen molar-refractivity contribution < 1.29 is 9.53 Å². The van der Waals surface area contributed by atoms with Gasteiger partial charge in [0.25, 0.3) is 5.91 Å². The Morgan fingerprint density at radius 3 is 2.75 bits per heavy atom. The van der Waals surface area contributed by atoms with Crippen molar-refractivity contribution in [2.24, 2.45) is 5.92 Å². The van der Waals surface area contributed by atoms with Crippen LogP contribution in [0.3, 0.4) is 0 Å². The number of nitrogens with one attached hydrogen (secondary N) is 1. The Kier molecular flexibility index (Phi) is 7.01. The summed E-state index contributed by atoms with van der Waals surface area (Å²) in [7, 11) is 0. The van der Waals surface area contributed by atoms with E-state index in [4.69, 9.17) is 9.72 Å². The van der Waals surface area contributed by atoms with Crippen LogP contribution in [-0.2, 0) is 29.7 Å². The first-order valence-corrected chi connectivity index (χ1v) is 12.0. The van der Waals surface area contributed by atoms with E-state index in [0.717, 1.165) is 54.7 Å². The van der Waals surface area contributed by atoms with Crippen molar-refractivity contribution in [3.05, 3.63) is 63.9 Å². The van der Waals surface area contributed by atoms with Gasteiger partial charge in [-0.1, -0.05) is 26.8 Å². The third-order valence-electron chi connectivity index (χ3n) is 5.58. The Morgan fingerprint density at radius 2 is 2.03 bits per heavy atom. The van der Waals surface area contributed by atoms with Crippen LogP contribution >= 0.6 is 11.3 Å². The maximum atomic E-state index is 12.5. The molecule has 0 aliphatic carbocycles. The second-order valence-corrected chi connectivity index (χ2v) is 10.4. The highest BCUT2D eigenvalue weighted by Crippen LogP contribution is 2.25. The number of nitrogens with zero attached hydrogens (tertiary/aromatic N) is 4. The molecule has 32 heavy (non-hydrogen) atoms. The van der Waals surface area contributed by atoms with E-state index < -0.39 is 0 Å². The van der Waals surface area contributed by atoms with Crippen LogP contribution in [0.15, 0.2) is 36.1 Å². The van der Waals surface area contributed by atoms with Gasteiger partial charge in [-0.15, -0.1) is 11.3 Å². The zero-order chi connectivity index (χ0) is 22.6. The van der Waals surface area contributed by atoms with E-state index in [2.05, 4.69) is 46.8 Å². The Hall–Kier alpha value is -2.58. The van der Waals surface area contributed by atoms with E-state index in [9.17, 15) is 4.79 Å². The van der Waals surface area contributed by atoms with Crippen molar-refractivity contribution in [3.8, 4) is 0 Å². The maximum absolute atomic E-state index is 12.5. The summed E-state index contributed by atoms with van der Waals surface area (Å²) >= 11 is 1.61. The molecule has 0 spiro atoms. The normalized spacial score (nSPS) is 15.1. The van der Waals surface area contributed by atoms with Crippen molar-refractivity contribution in [1.82, 2.24) is 24.8 Å². The van der Waals surface area contributed by atoms with Gasteiger partial charge in [-0.05, 0) is 30.2 Å². The predicted molar refractivity (Wildman–Crippen MR) is 125 cm³/mol. The molecule has 170 valence electrons. The van der Waals surface area contributed by atoms with Crippen LogP contribution in [0.1, 0.15) is 66.2 Å². The number of amides is 1. The first-order chi connectivity index (χ1) is 15.4. The summed E-state index contributed by atoms with van der Waals surface area (Å²) < 4.78 is 7.82. The third-order valence-corrected chi connectivity index (χ3v) is 6.45. The lowest BCUT2D eigenvalue weighted by molar-refractivity contribution is 0.0607. The molecular weight excluding hydrogens is 422 g/mol. The second kappa shape index (κ2) is 9.92. The van der Waals surface area contributed by atoms with Gasteiger partial charge in [0.15, 0.2) is 0 Å². The van der Waals surface area contributed by atoms with Gasteiger partial charge >= 0.3 is 0 Å². The van der Waals surface area contributed by atoms with Crippen LogP contribution in [0.25, 0.3) is 0 Å². The predicted octanol–water partition coefficient (Wildman–Crippen LogP) is 3.98. The van der Waals surface area contributed by atoms with E-state index in [1.807, 2.05) is 17.5 Å². The molecule has 8 heteroatoms. The van der Waals surface area contributed by atoms with Gasteiger partial charge in [0.05, 0.1) is 24.1 Å². The average Bonchev–Trinajstić information content (AvgIpc) is 3.43. The molecule has 7 nitrogen and oxygen atoms in total. The van der Waals surface area contributed by atoms with Crippen LogP contribution in [0.4, 0.5) is 0 Å². The van der Waals surface area contributed by atoms with Crippen molar-refractivity contribution in [2.75, 3.05) is 13.2 Å². The molecule has 3 aromatic heterocycles. The van der Waals surface area contributed by atoms with Gasteiger partial charge in [0.1, 0.15) is 11.5 Å². The zero-order valence-corrected chi connectivity index (χ0v) is 19.8. The second-order valence-electron chi connectivity index (χ2n) is 9.35. The Labute approximate surface area is 193 Å². The lowest BCUT2D eigenvalue weighted by Gasteiger charge is -2.25. The molecule has 1 aliphatic heterocycles. The number of thiophene rings is 1. The van der Waals surface area contributed by atoms with E-state index in [1.54, 1.807) is 17.5 Å². The minimum absolute atomic E-state index is 0.0569. The first-order valence-electron chi connectivity index (χ1n) is 11.1.